The second-order valence-electron chi connectivity index (χ2n) is 4.80. The Morgan fingerprint density at radius 2 is 1.64 bits per heavy atom. The van der Waals surface area contributed by atoms with E-state index in [0.29, 0.717) is 20.8 Å². The fourth-order valence-corrected chi connectivity index (χ4v) is 2.31. The zero-order valence-electron chi connectivity index (χ0n) is 12.0. The van der Waals surface area contributed by atoms with Crippen LogP contribution >= 0.6 is 34.8 Å². The normalized spacial score (nSPS) is 11.0. The average molecular weight is 356 g/mol. The third kappa shape index (κ3) is 4.26. The fourth-order valence-electron chi connectivity index (χ4n) is 1.90. The Hall–Kier alpha value is -1.48. The van der Waals surface area contributed by atoms with Crippen LogP contribution in [0.15, 0.2) is 36.4 Å². The second kappa shape index (κ2) is 7.19. The first-order chi connectivity index (χ1) is 10.4. The van der Waals surface area contributed by atoms with Crippen LogP contribution in [0.4, 0.5) is 0 Å². The molecule has 0 aliphatic heterocycles. The van der Waals surface area contributed by atoms with E-state index in [9.17, 15) is 4.79 Å². The van der Waals surface area contributed by atoms with E-state index in [-0.39, 0.29) is 0 Å². The Morgan fingerprint density at radius 1 is 1.00 bits per heavy atom. The minimum absolute atomic E-state index is 0.432. The molecule has 114 valence electrons. The van der Waals surface area contributed by atoms with Crippen molar-refractivity contribution < 1.29 is 9.53 Å². The summed E-state index contributed by atoms with van der Waals surface area (Å²) in [5.74, 6) is -0.0182. The van der Waals surface area contributed by atoms with Gasteiger partial charge in [-0.15, -0.1) is 0 Å². The Morgan fingerprint density at radius 3 is 2.23 bits per heavy atom. The highest BCUT2D eigenvalue weighted by Gasteiger charge is 2.06. The first kappa shape index (κ1) is 16.9. The van der Waals surface area contributed by atoms with Crippen LogP contribution in [0.1, 0.15) is 16.7 Å². The molecule has 0 amide bonds. The van der Waals surface area contributed by atoms with Crippen LogP contribution in [-0.2, 0) is 4.79 Å². The van der Waals surface area contributed by atoms with Crippen molar-refractivity contribution in [2.45, 2.75) is 13.8 Å². The molecule has 0 bridgehead atoms. The van der Waals surface area contributed by atoms with Gasteiger partial charge in [-0.25, -0.2) is 4.79 Å². The topological polar surface area (TPSA) is 26.3 Å². The molecule has 2 aromatic rings. The van der Waals surface area contributed by atoms with Gasteiger partial charge >= 0.3 is 5.97 Å². The summed E-state index contributed by atoms with van der Waals surface area (Å²) < 4.78 is 5.26. The number of aryl methyl sites for hydroxylation is 2. The molecule has 22 heavy (non-hydrogen) atoms. The number of ether oxygens (including phenoxy) is 1. The molecule has 5 heteroatoms. The van der Waals surface area contributed by atoms with Gasteiger partial charge in [0.2, 0.25) is 0 Å². The van der Waals surface area contributed by atoms with E-state index in [2.05, 4.69) is 0 Å². The molecule has 0 fully saturated rings. The minimum Gasteiger partial charge on any atom is -0.423 e. The number of carbonyl (C=O) groups excluding carboxylic acids is 1. The highest BCUT2D eigenvalue weighted by Crippen LogP contribution is 2.26. The van der Waals surface area contributed by atoms with Gasteiger partial charge in [0, 0.05) is 11.1 Å². The van der Waals surface area contributed by atoms with Crippen molar-refractivity contribution in [2.75, 3.05) is 0 Å². The summed E-state index contributed by atoms with van der Waals surface area (Å²) in [6.07, 6.45) is 2.94. The zero-order chi connectivity index (χ0) is 16.3. The molecular weight excluding hydrogens is 343 g/mol. The van der Waals surface area contributed by atoms with Gasteiger partial charge in [0.15, 0.2) is 0 Å². The van der Waals surface area contributed by atoms with Crippen molar-refractivity contribution in [3.8, 4) is 5.75 Å². The van der Waals surface area contributed by atoms with Crippen molar-refractivity contribution in [3.05, 3.63) is 68.2 Å². The van der Waals surface area contributed by atoms with E-state index in [1.807, 2.05) is 13.8 Å². The highest BCUT2D eigenvalue weighted by atomic mass is 35.5. The first-order valence-corrected chi connectivity index (χ1v) is 7.62. The summed E-state index contributed by atoms with van der Waals surface area (Å²) >= 11 is 17.8. The molecule has 2 rings (SSSR count). The van der Waals surface area contributed by atoms with Gasteiger partial charge in [-0.05, 0) is 60.9 Å². The van der Waals surface area contributed by atoms with Crippen LogP contribution in [0.3, 0.4) is 0 Å². The van der Waals surface area contributed by atoms with Crippen molar-refractivity contribution in [1.29, 1.82) is 0 Å². The maximum absolute atomic E-state index is 11.8. The largest absolute Gasteiger partial charge is 0.423 e. The smallest absolute Gasteiger partial charge is 0.336 e. The predicted molar refractivity (Wildman–Crippen MR) is 92.1 cm³/mol. The lowest BCUT2D eigenvalue weighted by molar-refractivity contribution is -0.128. The number of halogens is 3. The average Bonchev–Trinajstić information content (AvgIpc) is 2.46. The molecule has 0 N–H and O–H groups in total. The molecule has 0 saturated carbocycles. The number of benzene rings is 2. The monoisotopic (exact) mass is 354 g/mol. The fraction of sp³-hybridized carbons (Fsp3) is 0.118. The minimum atomic E-state index is -0.479. The Labute approximate surface area is 144 Å². The van der Waals surface area contributed by atoms with Crippen LogP contribution in [0.25, 0.3) is 6.08 Å². The molecule has 2 aromatic carbocycles. The van der Waals surface area contributed by atoms with Crippen molar-refractivity contribution >= 4 is 46.8 Å². The number of carbonyl (C=O) groups is 1. The molecule has 0 radical (unpaired) electrons. The summed E-state index contributed by atoms with van der Waals surface area (Å²) in [6, 6.07) is 8.54. The second-order valence-corrected chi connectivity index (χ2v) is 5.99. The van der Waals surface area contributed by atoms with Crippen LogP contribution in [0.2, 0.25) is 15.1 Å². The van der Waals surface area contributed by atoms with Crippen molar-refractivity contribution in [1.82, 2.24) is 0 Å². The molecule has 0 aliphatic carbocycles. The summed E-state index contributed by atoms with van der Waals surface area (Å²) in [4.78, 5) is 11.8. The lowest BCUT2D eigenvalue weighted by atomic mass is 10.1. The predicted octanol–water partition coefficient (Wildman–Crippen LogP) is 5.88. The first-order valence-electron chi connectivity index (χ1n) is 6.48. The third-order valence-electron chi connectivity index (χ3n) is 2.98. The van der Waals surface area contributed by atoms with E-state index >= 15 is 0 Å². The summed E-state index contributed by atoms with van der Waals surface area (Å²) in [5, 5.41) is 1.57. The van der Waals surface area contributed by atoms with E-state index in [0.717, 1.165) is 16.7 Å². The van der Waals surface area contributed by atoms with Crippen LogP contribution in [0, 0.1) is 13.8 Å². The maximum Gasteiger partial charge on any atom is 0.336 e. The van der Waals surface area contributed by atoms with E-state index in [1.165, 1.54) is 6.08 Å². The van der Waals surface area contributed by atoms with Gasteiger partial charge in [-0.3, -0.25) is 0 Å². The van der Waals surface area contributed by atoms with Crippen molar-refractivity contribution in [3.63, 3.8) is 0 Å². The summed E-state index contributed by atoms with van der Waals surface area (Å²) in [5.41, 5.74) is 2.48. The third-order valence-corrected chi connectivity index (χ3v) is 4.32. The van der Waals surface area contributed by atoms with E-state index in [1.54, 1.807) is 36.4 Å². The van der Waals surface area contributed by atoms with E-state index in [4.69, 9.17) is 39.5 Å². The maximum atomic E-state index is 11.8. The molecule has 0 saturated heterocycles. The lowest BCUT2D eigenvalue weighted by Crippen LogP contribution is -2.04. The Kier molecular flexibility index (Phi) is 5.52. The van der Waals surface area contributed by atoms with Gasteiger partial charge in [-0.1, -0.05) is 40.9 Å². The van der Waals surface area contributed by atoms with Crippen molar-refractivity contribution in [2.24, 2.45) is 0 Å². The molecule has 0 heterocycles. The molecule has 0 aliphatic rings. The highest BCUT2D eigenvalue weighted by molar-refractivity contribution is 6.42. The Bertz CT molecular complexity index is 729. The SMILES string of the molecule is Cc1cc(OC(=O)/C=C/c2ccc(Cl)c(Cl)c2)cc(C)c1Cl. The number of hydrogen-bond acceptors (Lipinski definition) is 2. The zero-order valence-corrected chi connectivity index (χ0v) is 14.3. The molecular formula is C17H13Cl3O2. The molecule has 0 atom stereocenters. The standard InChI is InChI=1S/C17H13Cl3O2/c1-10-7-13(8-11(2)17(10)20)22-16(21)6-4-12-3-5-14(18)15(19)9-12/h3-9H,1-2H3/b6-4+. The van der Waals surface area contributed by atoms with Crippen LogP contribution in [0.5, 0.6) is 5.75 Å². The van der Waals surface area contributed by atoms with Gasteiger partial charge in [0.1, 0.15) is 5.75 Å². The molecule has 0 aromatic heterocycles. The summed E-state index contributed by atoms with van der Waals surface area (Å²) in [6.45, 7) is 3.72. The molecule has 0 spiro atoms. The summed E-state index contributed by atoms with van der Waals surface area (Å²) in [7, 11) is 0. The molecule has 2 nitrogen and oxygen atoms in total. The Balaban J connectivity index is 2.09. The quantitative estimate of drug-likeness (QED) is 0.390. The number of rotatable bonds is 3. The van der Waals surface area contributed by atoms with Gasteiger partial charge in [-0.2, -0.15) is 0 Å². The number of esters is 1. The lowest BCUT2D eigenvalue weighted by Gasteiger charge is -2.07. The van der Waals surface area contributed by atoms with Gasteiger partial charge < -0.3 is 4.74 Å². The van der Waals surface area contributed by atoms with E-state index < -0.39 is 5.97 Å². The van der Waals surface area contributed by atoms with Gasteiger partial charge in [0.05, 0.1) is 10.0 Å². The van der Waals surface area contributed by atoms with Crippen LogP contribution < -0.4 is 4.74 Å². The van der Waals surface area contributed by atoms with Gasteiger partial charge in [0.25, 0.3) is 0 Å². The molecule has 0 unspecified atom stereocenters. The van der Waals surface area contributed by atoms with Crippen LogP contribution in [-0.4, -0.2) is 5.97 Å². The number of hydrogen-bond donors (Lipinski definition) is 0.